The minimum absolute atomic E-state index is 0.0838. The summed E-state index contributed by atoms with van der Waals surface area (Å²) >= 11 is 0. The van der Waals surface area contributed by atoms with E-state index in [2.05, 4.69) is 25.9 Å². The van der Waals surface area contributed by atoms with Gasteiger partial charge in [-0.15, -0.1) is 0 Å². The predicted octanol–water partition coefficient (Wildman–Crippen LogP) is 1.79. The molecule has 0 aliphatic carbocycles. The number of carbonyl (C=O) groups is 1. The molecule has 2 rings (SSSR count). The number of methoxy groups -OCH3 is 2. The molecule has 27 heavy (non-hydrogen) atoms. The Morgan fingerprint density at radius 3 is 2.70 bits per heavy atom. The van der Waals surface area contributed by atoms with Gasteiger partial charge in [-0.05, 0) is 31.2 Å². The van der Waals surface area contributed by atoms with Crippen LogP contribution in [0.15, 0.2) is 47.7 Å². The highest BCUT2D eigenvalue weighted by atomic mass is 16.5. The van der Waals surface area contributed by atoms with Crippen LogP contribution in [0.4, 0.5) is 5.69 Å². The number of pyridine rings is 1. The van der Waals surface area contributed by atoms with Gasteiger partial charge >= 0.3 is 0 Å². The first kappa shape index (κ1) is 20.0. The summed E-state index contributed by atoms with van der Waals surface area (Å²) in [7, 11) is 3.21. The van der Waals surface area contributed by atoms with Gasteiger partial charge in [-0.3, -0.25) is 9.78 Å². The van der Waals surface area contributed by atoms with Gasteiger partial charge in [-0.1, -0.05) is 0 Å². The number of nitrogens with zero attached hydrogens (tertiary/aromatic N) is 2. The number of hydrogen-bond acceptors (Lipinski definition) is 5. The van der Waals surface area contributed by atoms with Crippen molar-refractivity contribution >= 4 is 17.6 Å². The number of ether oxygens (including phenoxy) is 2. The fourth-order valence-electron chi connectivity index (χ4n) is 2.29. The van der Waals surface area contributed by atoms with E-state index in [-0.39, 0.29) is 12.5 Å². The average Bonchev–Trinajstić information content (AvgIpc) is 2.70. The monoisotopic (exact) mass is 371 g/mol. The molecule has 0 saturated carbocycles. The van der Waals surface area contributed by atoms with Crippen molar-refractivity contribution in [1.82, 2.24) is 15.6 Å². The van der Waals surface area contributed by atoms with E-state index in [4.69, 9.17) is 9.47 Å². The van der Waals surface area contributed by atoms with Crippen LogP contribution in [0.3, 0.4) is 0 Å². The van der Waals surface area contributed by atoms with Crippen LogP contribution < -0.4 is 25.4 Å². The second-order valence-electron chi connectivity index (χ2n) is 5.52. The highest BCUT2D eigenvalue weighted by Crippen LogP contribution is 2.25. The molecule has 3 N–H and O–H groups in total. The molecule has 1 amide bonds. The zero-order valence-corrected chi connectivity index (χ0v) is 15.8. The summed E-state index contributed by atoms with van der Waals surface area (Å²) in [6.07, 6.45) is 3.24. The number of aliphatic imine (C=N–C) groups is 1. The molecule has 2 aromatic rings. The van der Waals surface area contributed by atoms with E-state index in [1.54, 1.807) is 38.7 Å². The van der Waals surface area contributed by atoms with Crippen LogP contribution in [-0.4, -0.2) is 44.2 Å². The molecule has 0 fully saturated rings. The molecule has 8 heteroatoms. The fraction of sp³-hybridized carbons (Fsp3) is 0.316. The van der Waals surface area contributed by atoms with Gasteiger partial charge in [0, 0.05) is 24.4 Å². The van der Waals surface area contributed by atoms with Gasteiger partial charge in [0.25, 0.3) is 0 Å². The van der Waals surface area contributed by atoms with E-state index >= 15 is 0 Å². The summed E-state index contributed by atoms with van der Waals surface area (Å²) in [5.41, 5.74) is 1.56. The molecule has 0 aliphatic rings. The smallest absolute Gasteiger partial charge is 0.243 e. The minimum atomic E-state index is -0.185. The molecule has 8 nitrogen and oxygen atoms in total. The minimum Gasteiger partial charge on any atom is -0.497 e. The van der Waals surface area contributed by atoms with E-state index in [0.29, 0.717) is 30.5 Å². The Balaban J connectivity index is 1.96. The number of guanidine groups is 1. The average molecular weight is 371 g/mol. The van der Waals surface area contributed by atoms with Crippen molar-refractivity contribution in [3.63, 3.8) is 0 Å². The maximum absolute atomic E-state index is 12.0. The number of carbonyl (C=O) groups excluding carboxylic acids is 1. The molecule has 0 atom stereocenters. The van der Waals surface area contributed by atoms with E-state index in [0.717, 1.165) is 11.3 Å². The highest BCUT2D eigenvalue weighted by molar-refractivity contribution is 5.94. The molecule has 0 radical (unpaired) electrons. The number of aromatic nitrogens is 1. The molecule has 0 spiro atoms. The number of benzene rings is 1. The first-order valence-corrected chi connectivity index (χ1v) is 8.59. The van der Waals surface area contributed by atoms with Crippen molar-refractivity contribution in [2.75, 3.05) is 32.6 Å². The van der Waals surface area contributed by atoms with E-state index in [1.807, 2.05) is 25.1 Å². The molecule has 0 bridgehead atoms. The van der Waals surface area contributed by atoms with Crippen LogP contribution in [-0.2, 0) is 11.3 Å². The van der Waals surface area contributed by atoms with Crippen LogP contribution in [0.2, 0.25) is 0 Å². The summed E-state index contributed by atoms with van der Waals surface area (Å²) < 4.78 is 10.6. The van der Waals surface area contributed by atoms with Crippen LogP contribution in [0.5, 0.6) is 11.5 Å². The number of anilines is 1. The van der Waals surface area contributed by atoms with Crippen LogP contribution in [0.25, 0.3) is 0 Å². The molecule has 1 aromatic heterocycles. The lowest BCUT2D eigenvalue weighted by atomic mass is 10.2. The van der Waals surface area contributed by atoms with Gasteiger partial charge in [0.05, 0.1) is 39.2 Å². The van der Waals surface area contributed by atoms with Crippen molar-refractivity contribution in [2.24, 2.45) is 4.99 Å². The van der Waals surface area contributed by atoms with Gasteiger partial charge in [0.15, 0.2) is 5.96 Å². The van der Waals surface area contributed by atoms with Crippen LogP contribution >= 0.6 is 0 Å². The van der Waals surface area contributed by atoms with Crippen molar-refractivity contribution < 1.29 is 14.3 Å². The van der Waals surface area contributed by atoms with Gasteiger partial charge in [-0.2, -0.15) is 0 Å². The third-order valence-corrected chi connectivity index (χ3v) is 3.61. The second kappa shape index (κ2) is 10.6. The summed E-state index contributed by atoms with van der Waals surface area (Å²) in [5.74, 6) is 1.77. The van der Waals surface area contributed by atoms with E-state index in [1.165, 1.54) is 0 Å². The first-order valence-electron chi connectivity index (χ1n) is 8.59. The van der Waals surface area contributed by atoms with Crippen molar-refractivity contribution in [1.29, 1.82) is 0 Å². The standard InChI is InChI=1S/C19H25N5O3/c1-4-21-19(23-13-18(25)24-15-6-5-9-20-12-15)22-11-14-7-8-16(26-2)10-17(14)27-3/h5-10,12H,4,11,13H2,1-3H3,(H,24,25)(H2,21,22,23). The van der Waals surface area contributed by atoms with Crippen molar-refractivity contribution in [3.8, 4) is 11.5 Å². The normalized spacial score (nSPS) is 10.9. The third-order valence-electron chi connectivity index (χ3n) is 3.61. The topological polar surface area (TPSA) is 96.9 Å². The van der Waals surface area contributed by atoms with Gasteiger partial charge in [-0.25, -0.2) is 4.99 Å². The van der Waals surface area contributed by atoms with Crippen molar-refractivity contribution in [2.45, 2.75) is 13.5 Å². The highest BCUT2D eigenvalue weighted by Gasteiger charge is 2.07. The lowest BCUT2D eigenvalue weighted by Gasteiger charge is -2.13. The Hall–Kier alpha value is -3.29. The maximum atomic E-state index is 12.0. The Bertz CT molecular complexity index is 765. The molecular weight excluding hydrogens is 346 g/mol. The quantitative estimate of drug-likeness (QED) is 0.484. The van der Waals surface area contributed by atoms with Crippen molar-refractivity contribution in [3.05, 3.63) is 48.3 Å². The maximum Gasteiger partial charge on any atom is 0.243 e. The Labute approximate surface area is 159 Å². The SMILES string of the molecule is CCNC(=NCc1ccc(OC)cc1OC)NCC(=O)Nc1cccnc1. The van der Waals surface area contributed by atoms with Crippen LogP contribution in [0.1, 0.15) is 12.5 Å². The summed E-state index contributed by atoms with van der Waals surface area (Å²) in [4.78, 5) is 20.5. The van der Waals surface area contributed by atoms with E-state index < -0.39 is 0 Å². The summed E-state index contributed by atoms with van der Waals surface area (Å²) in [6.45, 7) is 3.11. The van der Waals surface area contributed by atoms with E-state index in [9.17, 15) is 4.79 Å². The fourth-order valence-corrected chi connectivity index (χ4v) is 2.29. The predicted molar refractivity (Wildman–Crippen MR) is 105 cm³/mol. The summed E-state index contributed by atoms with van der Waals surface area (Å²) in [5, 5.41) is 8.89. The third kappa shape index (κ3) is 6.50. The lowest BCUT2D eigenvalue weighted by Crippen LogP contribution is -2.41. The molecule has 1 aromatic carbocycles. The molecule has 144 valence electrons. The lowest BCUT2D eigenvalue weighted by molar-refractivity contribution is -0.115. The summed E-state index contributed by atoms with van der Waals surface area (Å²) in [6, 6.07) is 9.11. The van der Waals surface area contributed by atoms with Gasteiger partial charge in [0.1, 0.15) is 11.5 Å². The van der Waals surface area contributed by atoms with Gasteiger partial charge < -0.3 is 25.4 Å². The number of hydrogen-bond donors (Lipinski definition) is 3. The number of nitrogens with one attached hydrogen (secondary N) is 3. The molecule has 0 aliphatic heterocycles. The second-order valence-corrected chi connectivity index (χ2v) is 5.52. The van der Waals surface area contributed by atoms with Crippen LogP contribution in [0, 0.1) is 0 Å². The first-order chi connectivity index (χ1) is 13.2. The zero-order valence-electron chi connectivity index (χ0n) is 15.8. The molecule has 0 saturated heterocycles. The van der Waals surface area contributed by atoms with Gasteiger partial charge in [0.2, 0.25) is 5.91 Å². The zero-order chi connectivity index (χ0) is 19.5. The Morgan fingerprint density at radius 2 is 2.04 bits per heavy atom. The molecule has 1 heterocycles. The largest absolute Gasteiger partial charge is 0.497 e. The number of amides is 1. The molecular formula is C19H25N5O3. The Kier molecular flexibility index (Phi) is 7.90. The Morgan fingerprint density at radius 1 is 1.19 bits per heavy atom. The molecule has 0 unspecified atom stereocenters. The number of rotatable bonds is 8.